The van der Waals surface area contributed by atoms with Crippen LogP contribution in [0.3, 0.4) is 0 Å². The van der Waals surface area contributed by atoms with E-state index in [1.54, 1.807) is 11.8 Å². The number of anilines is 1. The van der Waals surface area contributed by atoms with Crippen molar-refractivity contribution in [1.29, 1.82) is 0 Å². The highest BCUT2D eigenvalue weighted by atomic mass is 32.2. The van der Waals surface area contributed by atoms with Gasteiger partial charge >= 0.3 is 0 Å². The van der Waals surface area contributed by atoms with Gasteiger partial charge in [-0.3, -0.25) is 4.79 Å². The fourth-order valence-corrected chi connectivity index (χ4v) is 4.55. The van der Waals surface area contributed by atoms with Crippen molar-refractivity contribution in [2.45, 2.75) is 47.5 Å². The van der Waals surface area contributed by atoms with E-state index in [1.807, 2.05) is 55.6 Å². The summed E-state index contributed by atoms with van der Waals surface area (Å²) >= 11 is 3.09. The van der Waals surface area contributed by atoms with Crippen molar-refractivity contribution in [3.05, 3.63) is 66.0 Å². The van der Waals surface area contributed by atoms with Gasteiger partial charge in [0.1, 0.15) is 5.82 Å². The molecule has 150 valence electrons. The van der Waals surface area contributed by atoms with Gasteiger partial charge in [-0.2, -0.15) is 0 Å². The molecule has 1 amide bonds. The van der Waals surface area contributed by atoms with Gasteiger partial charge in [0.15, 0.2) is 5.16 Å². The van der Waals surface area contributed by atoms with Gasteiger partial charge in [-0.25, -0.2) is 0 Å². The van der Waals surface area contributed by atoms with Crippen LogP contribution in [0.5, 0.6) is 0 Å². The number of para-hydroxylation sites is 1. The summed E-state index contributed by atoms with van der Waals surface area (Å²) in [6, 6.07) is 18.2. The second kappa shape index (κ2) is 9.05. The molecule has 29 heavy (non-hydrogen) atoms. The van der Waals surface area contributed by atoms with Crippen LogP contribution in [0.15, 0.2) is 64.6 Å². The van der Waals surface area contributed by atoms with Crippen LogP contribution in [-0.4, -0.2) is 32.2 Å². The lowest BCUT2D eigenvalue weighted by molar-refractivity contribution is -0.115. The number of hydrogen-bond donors (Lipinski definition) is 1. The third kappa shape index (κ3) is 4.85. The zero-order valence-electron chi connectivity index (χ0n) is 16.5. The van der Waals surface area contributed by atoms with Crippen LogP contribution in [0, 0.1) is 0 Å². The first-order valence-electron chi connectivity index (χ1n) is 9.73. The van der Waals surface area contributed by atoms with E-state index in [4.69, 9.17) is 0 Å². The molecule has 1 saturated carbocycles. The van der Waals surface area contributed by atoms with Crippen LogP contribution in [0.25, 0.3) is 0 Å². The molecule has 2 aromatic carbocycles. The Morgan fingerprint density at radius 1 is 1.14 bits per heavy atom. The Labute approximate surface area is 179 Å². The Hall–Kier alpha value is -2.25. The molecule has 0 bridgehead atoms. The average molecular weight is 425 g/mol. The first-order valence-corrected chi connectivity index (χ1v) is 11.8. The third-order valence-corrected chi connectivity index (χ3v) is 6.76. The number of thioether (sulfide) groups is 2. The van der Waals surface area contributed by atoms with Crippen LogP contribution in [-0.2, 0) is 11.3 Å². The summed E-state index contributed by atoms with van der Waals surface area (Å²) in [4.78, 5) is 13.9. The fourth-order valence-electron chi connectivity index (χ4n) is 3.14. The SMILES string of the molecule is CSc1ccccc1NC(=O)C(C)Sc1nnc(C2CC2)n1Cc1ccccc1. The van der Waals surface area contributed by atoms with E-state index in [2.05, 4.69) is 32.2 Å². The van der Waals surface area contributed by atoms with Gasteiger partial charge in [-0.15, -0.1) is 22.0 Å². The van der Waals surface area contributed by atoms with E-state index in [-0.39, 0.29) is 11.2 Å². The lowest BCUT2D eigenvalue weighted by Crippen LogP contribution is -2.23. The number of amides is 1. The molecule has 1 aliphatic carbocycles. The summed E-state index contributed by atoms with van der Waals surface area (Å²) in [6.45, 7) is 2.64. The van der Waals surface area contributed by atoms with Crippen molar-refractivity contribution in [3.8, 4) is 0 Å². The van der Waals surface area contributed by atoms with E-state index in [0.29, 0.717) is 5.92 Å². The van der Waals surface area contributed by atoms with Crippen LogP contribution in [0.1, 0.15) is 37.1 Å². The molecule has 0 radical (unpaired) electrons. The lowest BCUT2D eigenvalue weighted by Gasteiger charge is -2.15. The number of hydrogen-bond acceptors (Lipinski definition) is 5. The van der Waals surface area contributed by atoms with Crippen molar-refractivity contribution in [2.75, 3.05) is 11.6 Å². The van der Waals surface area contributed by atoms with Crippen LogP contribution >= 0.6 is 23.5 Å². The third-order valence-electron chi connectivity index (χ3n) is 4.89. The molecule has 4 rings (SSSR count). The van der Waals surface area contributed by atoms with Crippen LogP contribution in [0.4, 0.5) is 5.69 Å². The Balaban J connectivity index is 1.50. The van der Waals surface area contributed by atoms with E-state index in [9.17, 15) is 4.79 Å². The zero-order chi connectivity index (χ0) is 20.2. The number of nitrogens with one attached hydrogen (secondary N) is 1. The Kier molecular flexibility index (Phi) is 6.25. The number of nitrogens with zero attached hydrogens (tertiary/aromatic N) is 3. The van der Waals surface area contributed by atoms with E-state index in [0.717, 1.165) is 28.1 Å². The molecular formula is C22H24N4OS2. The summed E-state index contributed by atoms with van der Waals surface area (Å²) in [6.07, 6.45) is 4.34. The molecule has 1 fully saturated rings. The molecule has 1 N–H and O–H groups in total. The minimum atomic E-state index is -0.282. The van der Waals surface area contributed by atoms with E-state index < -0.39 is 0 Å². The highest BCUT2D eigenvalue weighted by Crippen LogP contribution is 2.40. The molecule has 0 saturated heterocycles. The predicted molar refractivity (Wildman–Crippen MR) is 120 cm³/mol. The van der Waals surface area contributed by atoms with Gasteiger partial charge in [0.25, 0.3) is 0 Å². The Morgan fingerprint density at radius 3 is 2.59 bits per heavy atom. The van der Waals surface area contributed by atoms with Gasteiger partial charge in [-0.05, 0) is 43.7 Å². The summed E-state index contributed by atoms with van der Waals surface area (Å²) in [5, 5.41) is 12.5. The minimum Gasteiger partial charge on any atom is -0.324 e. The van der Waals surface area contributed by atoms with Gasteiger partial charge in [0.05, 0.1) is 17.5 Å². The topological polar surface area (TPSA) is 59.8 Å². The molecule has 7 heteroatoms. The fraction of sp³-hybridized carbons (Fsp3) is 0.318. The van der Waals surface area contributed by atoms with E-state index >= 15 is 0 Å². The molecule has 1 atom stereocenters. The standard InChI is InChI=1S/C22H24N4OS2/c1-15(21(27)23-18-10-6-7-11-19(18)28-2)29-22-25-24-20(17-12-13-17)26(22)14-16-8-4-3-5-9-16/h3-11,15,17H,12-14H2,1-2H3,(H,23,27). The molecule has 0 spiro atoms. The summed E-state index contributed by atoms with van der Waals surface area (Å²) in [7, 11) is 0. The largest absolute Gasteiger partial charge is 0.324 e. The Morgan fingerprint density at radius 2 is 1.86 bits per heavy atom. The van der Waals surface area contributed by atoms with Crippen LogP contribution in [0.2, 0.25) is 0 Å². The monoisotopic (exact) mass is 424 g/mol. The lowest BCUT2D eigenvalue weighted by atomic mass is 10.2. The number of aromatic nitrogens is 3. The molecule has 5 nitrogen and oxygen atoms in total. The highest BCUT2D eigenvalue weighted by molar-refractivity contribution is 8.00. The first kappa shape index (κ1) is 20.0. The Bertz CT molecular complexity index is 985. The predicted octanol–water partition coefficient (Wildman–Crippen LogP) is 5.05. The molecule has 3 aromatic rings. The van der Waals surface area contributed by atoms with Crippen molar-refractivity contribution in [3.63, 3.8) is 0 Å². The van der Waals surface area contributed by atoms with Crippen molar-refractivity contribution >= 4 is 35.1 Å². The summed E-state index contributed by atoms with van der Waals surface area (Å²) < 4.78 is 2.18. The molecule has 0 aliphatic heterocycles. The quantitative estimate of drug-likeness (QED) is 0.513. The maximum absolute atomic E-state index is 12.8. The second-order valence-electron chi connectivity index (χ2n) is 7.14. The average Bonchev–Trinajstić information content (AvgIpc) is 3.52. The van der Waals surface area contributed by atoms with Crippen molar-refractivity contribution < 1.29 is 4.79 Å². The van der Waals surface area contributed by atoms with Crippen molar-refractivity contribution in [1.82, 2.24) is 14.8 Å². The number of carbonyl (C=O) groups excluding carboxylic acids is 1. The number of rotatable bonds is 8. The number of benzene rings is 2. The minimum absolute atomic E-state index is 0.0290. The van der Waals surface area contributed by atoms with Crippen molar-refractivity contribution in [2.24, 2.45) is 0 Å². The zero-order valence-corrected chi connectivity index (χ0v) is 18.2. The maximum atomic E-state index is 12.8. The van der Waals surface area contributed by atoms with E-state index in [1.165, 1.54) is 30.2 Å². The summed E-state index contributed by atoms with van der Waals surface area (Å²) in [5.74, 6) is 1.51. The molecule has 1 aliphatic rings. The normalized spacial score (nSPS) is 14.6. The molecule has 1 aromatic heterocycles. The van der Waals surface area contributed by atoms with Crippen LogP contribution < -0.4 is 5.32 Å². The first-order chi connectivity index (χ1) is 14.2. The molecular weight excluding hydrogens is 400 g/mol. The molecule has 1 heterocycles. The van der Waals surface area contributed by atoms with Gasteiger partial charge < -0.3 is 9.88 Å². The van der Waals surface area contributed by atoms with Gasteiger partial charge in [0.2, 0.25) is 5.91 Å². The maximum Gasteiger partial charge on any atom is 0.237 e. The van der Waals surface area contributed by atoms with Gasteiger partial charge in [-0.1, -0.05) is 54.2 Å². The molecule has 1 unspecified atom stereocenters. The van der Waals surface area contributed by atoms with Gasteiger partial charge in [0, 0.05) is 10.8 Å². The second-order valence-corrected chi connectivity index (χ2v) is 9.29. The smallest absolute Gasteiger partial charge is 0.237 e. The highest BCUT2D eigenvalue weighted by Gasteiger charge is 2.31. The number of carbonyl (C=O) groups is 1. The summed E-state index contributed by atoms with van der Waals surface area (Å²) in [5.41, 5.74) is 2.06.